The quantitative estimate of drug-likeness (QED) is 0.612. The molecule has 0 bridgehead atoms. The molecule has 29 heavy (non-hydrogen) atoms. The lowest BCUT2D eigenvalue weighted by atomic mass is 9.88. The third-order valence-electron chi connectivity index (χ3n) is 4.94. The minimum atomic E-state index is -4.95. The Morgan fingerprint density at radius 2 is 1.76 bits per heavy atom. The zero-order valence-corrected chi connectivity index (χ0v) is 15.8. The third kappa shape index (κ3) is 5.63. The van der Waals surface area contributed by atoms with Crippen LogP contribution >= 0.6 is 0 Å². The van der Waals surface area contributed by atoms with E-state index in [0.717, 1.165) is 38.1 Å². The van der Waals surface area contributed by atoms with Gasteiger partial charge in [-0.2, -0.15) is 18.4 Å². The summed E-state index contributed by atoms with van der Waals surface area (Å²) in [4.78, 5) is 12.7. The SMILES string of the molecule is CCC(F)(F)CC(C)(N[C@@H](c1ccc(F)cc1)C(F)(F)F)C(=O)NC1(C#N)CC1. The summed E-state index contributed by atoms with van der Waals surface area (Å²) in [5, 5.41) is 13.4. The second kappa shape index (κ2) is 7.86. The lowest BCUT2D eigenvalue weighted by molar-refractivity contribution is -0.168. The van der Waals surface area contributed by atoms with Gasteiger partial charge in [0.25, 0.3) is 0 Å². The maximum absolute atomic E-state index is 14.1. The molecule has 2 atom stereocenters. The summed E-state index contributed by atoms with van der Waals surface area (Å²) in [6.07, 6.45) is -6.27. The molecule has 0 radical (unpaired) electrons. The van der Waals surface area contributed by atoms with Crippen LogP contribution in [0.4, 0.5) is 26.3 Å². The van der Waals surface area contributed by atoms with Crippen molar-refractivity contribution in [2.24, 2.45) is 0 Å². The Bertz CT molecular complexity index is 783. The molecular formula is C19H21F6N3O. The molecule has 0 aromatic heterocycles. The summed E-state index contributed by atoms with van der Waals surface area (Å²) in [6, 6.07) is 2.70. The number of carbonyl (C=O) groups is 1. The van der Waals surface area contributed by atoms with Gasteiger partial charge in [0.1, 0.15) is 22.9 Å². The molecule has 1 aromatic rings. The summed E-state index contributed by atoms with van der Waals surface area (Å²) in [6.45, 7) is 2.10. The third-order valence-corrected chi connectivity index (χ3v) is 4.94. The second-order valence-electron chi connectivity index (χ2n) is 7.54. The fourth-order valence-electron chi connectivity index (χ4n) is 2.91. The van der Waals surface area contributed by atoms with Gasteiger partial charge < -0.3 is 5.32 Å². The summed E-state index contributed by atoms with van der Waals surface area (Å²) in [7, 11) is 0. The second-order valence-corrected chi connectivity index (χ2v) is 7.54. The van der Waals surface area contributed by atoms with E-state index < -0.39 is 59.3 Å². The number of rotatable bonds is 8. The Morgan fingerprint density at radius 1 is 1.21 bits per heavy atom. The molecule has 1 aromatic carbocycles. The fraction of sp³-hybridized carbons (Fsp3) is 0.579. The van der Waals surface area contributed by atoms with Gasteiger partial charge in [0.05, 0.1) is 6.07 Å². The maximum atomic E-state index is 14.1. The van der Waals surface area contributed by atoms with E-state index in [1.54, 1.807) is 0 Å². The van der Waals surface area contributed by atoms with Gasteiger partial charge in [0.2, 0.25) is 11.8 Å². The van der Waals surface area contributed by atoms with Crippen molar-refractivity contribution in [1.82, 2.24) is 10.6 Å². The Morgan fingerprint density at radius 3 is 2.17 bits per heavy atom. The predicted octanol–water partition coefficient (Wildman–Crippen LogP) is 4.39. The highest BCUT2D eigenvalue weighted by Gasteiger charge is 2.53. The van der Waals surface area contributed by atoms with Gasteiger partial charge in [-0.15, -0.1) is 0 Å². The van der Waals surface area contributed by atoms with Crippen molar-refractivity contribution in [3.8, 4) is 6.07 Å². The van der Waals surface area contributed by atoms with Gasteiger partial charge in [0.15, 0.2) is 0 Å². The first-order chi connectivity index (χ1) is 13.3. The molecule has 1 amide bonds. The van der Waals surface area contributed by atoms with Gasteiger partial charge in [-0.1, -0.05) is 19.1 Å². The first-order valence-corrected chi connectivity index (χ1v) is 8.97. The number of nitriles is 1. The zero-order valence-electron chi connectivity index (χ0n) is 15.8. The molecular weight excluding hydrogens is 400 g/mol. The molecule has 4 nitrogen and oxygen atoms in total. The van der Waals surface area contributed by atoms with Crippen molar-refractivity contribution in [2.45, 2.75) is 68.7 Å². The van der Waals surface area contributed by atoms with E-state index in [-0.39, 0.29) is 12.8 Å². The average Bonchev–Trinajstić information content (AvgIpc) is 3.39. The molecule has 160 valence electrons. The molecule has 1 unspecified atom stereocenters. The molecule has 1 aliphatic carbocycles. The first kappa shape index (κ1) is 23.0. The molecule has 2 N–H and O–H groups in total. The van der Waals surface area contributed by atoms with Gasteiger partial charge in [-0.05, 0) is 37.5 Å². The Labute approximate surface area is 164 Å². The fourth-order valence-corrected chi connectivity index (χ4v) is 2.91. The minimum absolute atomic E-state index is 0.288. The number of alkyl halides is 5. The predicted molar refractivity (Wildman–Crippen MR) is 92.3 cm³/mol. The molecule has 10 heteroatoms. The molecule has 1 fully saturated rings. The highest BCUT2D eigenvalue weighted by atomic mass is 19.4. The Kier molecular flexibility index (Phi) is 6.23. The number of amides is 1. The highest BCUT2D eigenvalue weighted by molar-refractivity contribution is 5.87. The molecule has 1 aliphatic rings. The van der Waals surface area contributed by atoms with E-state index >= 15 is 0 Å². The van der Waals surface area contributed by atoms with Crippen molar-refractivity contribution in [1.29, 1.82) is 5.26 Å². The van der Waals surface area contributed by atoms with E-state index in [4.69, 9.17) is 5.26 Å². The average molecular weight is 421 g/mol. The summed E-state index contributed by atoms with van der Waals surface area (Å²) >= 11 is 0. The zero-order chi connectivity index (χ0) is 22.1. The minimum Gasteiger partial charge on any atom is -0.336 e. The number of hydrogen-bond acceptors (Lipinski definition) is 3. The smallest absolute Gasteiger partial charge is 0.336 e. The highest BCUT2D eigenvalue weighted by Crippen LogP contribution is 2.39. The topological polar surface area (TPSA) is 64.9 Å². The van der Waals surface area contributed by atoms with Crippen molar-refractivity contribution < 1.29 is 31.1 Å². The molecule has 0 aliphatic heterocycles. The van der Waals surface area contributed by atoms with Crippen LogP contribution in [0.2, 0.25) is 0 Å². The molecule has 0 saturated heterocycles. The first-order valence-electron chi connectivity index (χ1n) is 8.97. The Balaban J connectivity index is 2.41. The van der Waals surface area contributed by atoms with Crippen molar-refractivity contribution >= 4 is 5.91 Å². The molecule has 1 saturated carbocycles. The van der Waals surface area contributed by atoms with Crippen LogP contribution in [0.15, 0.2) is 24.3 Å². The van der Waals surface area contributed by atoms with Crippen molar-refractivity contribution in [3.05, 3.63) is 35.6 Å². The standard InChI is InChI=1S/C19H21F6N3O/c1-3-18(21,22)10-16(2,15(29)28-17(11-26)8-9-17)27-14(19(23,24)25)12-4-6-13(20)7-5-12/h4-7,14,27H,3,8-10H2,1-2H3,(H,28,29)/t14-,16?/m0/s1. The molecule has 0 spiro atoms. The summed E-state index contributed by atoms with van der Waals surface area (Å²) in [5.41, 5.74) is -4.02. The maximum Gasteiger partial charge on any atom is 0.407 e. The lowest BCUT2D eigenvalue weighted by Gasteiger charge is -2.37. The van der Waals surface area contributed by atoms with Crippen LogP contribution < -0.4 is 10.6 Å². The Hall–Kier alpha value is -2.28. The van der Waals surface area contributed by atoms with Crippen LogP contribution in [-0.2, 0) is 4.79 Å². The van der Waals surface area contributed by atoms with E-state index in [2.05, 4.69) is 5.32 Å². The van der Waals surface area contributed by atoms with Crippen molar-refractivity contribution in [2.75, 3.05) is 0 Å². The summed E-state index contributed by atoms with van der Waals surface area (Å²) in [5.74, 6) is -5.32. The monoisotopic (exact) mass is 421 g/mol. The van der Waals surface area contributed by atoms with E-state index in [1.165, 1.54) is 0 Å². The number of hydrogen-bond donors (Lipinski definition) is 2. The van der Waals surface area contributed by atoms with Gasteiger partial charge in [-0.3, -0.25) is 10.1 Å². The van der Waals surface area contributed by atoms with Gasteiger partial charge in [0, 0.05) is 12.8 Å². The van der Waals surface area contributed by atoms with E-state index in [0.29, 0.717) is 0 Å². The largest absolute Gasteiger partial charge is 0.407 e. The van der Waals surface area contributed by atoms with Gasteiger partial charge in [-0.25, -0.2) is 13.2 Å². The van der Waals surface area contributed by atoms with Gasteiger partial charge >= 0.3 is 6.18 Å². The molecule has 2 rings (SSSR count). The summed E-state index contributed by atoms with van der Waals surface area (Å²) < 4.78 is 82.5. The van der Waals surface area contributed by atoms with E-state index in [1.807, 2.05) is 11.4 Å². The van der Waals surface area contributed by atoms with Crippen LogP contribution in [-0.4, -0.2) is 29.1 Å². The van der Waals surface area contributed by atoms with E-state index in [9.17, 15) is 31.1 Å². The lowest BCUT2D eigenvalue weighted by Crippen LogP contribution is -2.61. The number of nitrogens with zero attached hydrogens (tertiary/aromatic N) is 1. The number of carbonyl (C=O) groups excluding carboxylic acids is 1. The number of benzene rings is 1. The van der Waals surface area contributed by atoms with Crippen LogP contribution in [0.25, 0.3) is 0 Å². The van der Waals surface area contributed by atoms with Crippen LogP contribution in [0.3, 0.4) is 0 Å². The normalized spacial score (nSPS) is 19.0. The number of nitrogens with one attached hydrogen (secondary N) is 2. The molecule has 0 heterocycles. The van der Waals surface area contributed by atoms with Crippen LogP contribution in [0, 0.1) is 17.1 Å². The van der Waals surface area contributed by atoms with Crippen LogP contribution in [0.1, 0.15) is 51.1 Å². The number of halogens is 6. The van der Waals surface area contributed by atoms with Crippen molar-refractivity contribution in [3.63, 3.8) is 0 Å². The van der Waals surface area contributed by atoms with Crippen LogP contribution in [0.5, 0.6) is 0 Å².